The Hall–Kier alpha value is -1.98. The number of carboxylic acid groups (broad SMARTS) is 1. The lowest BCUT2D eigenvalue weighted by atomic mass is 10.0. The minimum Gasteiger partial charge on any atom is -0.478 e. The maximum absolute atomic E-state index is 13.1. The van der Waals surface area contributed by atoms with Crippen molar-refractivity contribution in [2.45, 2.75) is 20.0 Å². The molecule has 0 saturated carbocycles. The maximum atomic E-state index is 13.1. The van der Waals surface area contributed by atoms with Crippen LogP contribution in [0.25, 0.3) is 10.9 Å². The van der Waals surface area contributed by atoms with Gasteiger partial charge in [0.1, 0.15) is 5.69 Å². The number of fused-ring (bicyclic) bond motifs is 1. The van der Waals surface area contributed by atoms with Crippen LogP contribution in [0.1, 0.15) is 27.2 Å². The lowest BCUT2D eigenvalue weighted by Crippen LogP contribution is -2.15. The van der Waals surface area contributed by atoms with E-state index in [1.807, 2.05) is 0 Å². The van der Waals surface area contributed by atoms with Crippen LogP contribution in [0.3, 0.4) is 0 Å². The molecule has 6 heteroatoms. The van der Waals surface area contributed by atoms with Crippen LogP contribution in [0.5, 0.6) is 0 Å². The summed E-state index contributed by atoms with van der Waals surface area (Å²) in [7, 11) is 1.24. The number of hydrogen-bond acceptors (Lipinski definition) is 1. The van der Waals surface area contributed by atoms with E-state index in [0.717, 1.165) is 10.1 Å². The van der Waals surface area contributed by atoms with Gasteiger partial charge in [-0.25, -0.2) is 4.79 Å². The fraction of sp³-hybridized carbons (Fsp3) is 0.308. The summed E-state index contributed by atoms with van der Waals surface area (Å²) in [5, 5.41) is 9.20. The van der Waals surface area contributed by atoms with Gasteiger partial charge in [0.2, 0.25) is 0 Å². The normalized spacial score (nSPS) is 12.1. The van der Waals surface area contributed by atoms with Crippen LogP contribution in [0.2, 0.25) is 0 Å². The van der Waals surface area contributed by atoms with Crippen LogP contribution in [0.15, 0.2) is 12.1 Å². The quantitative estimate of drug-likeness (QED) is 0.862. The molecule has 19 heavy (non-hydrogen) atoms. The lowest BCUT2D eigenvalue weighted by molar-refractivity contribution is -0.143. The van der Waals surface area contributed by atoms with Gasteiger partial charge in [0.05, 0.1) is 11.1 Å². The standard InChI is InChI=1S/C13H12F3NO2/c1-6-4-5-8-9(12(18)19)11(13(14,15)16)17(3)10(8)7(6)2/h4-5H,1-3H3,(H,18,19). The summed E-state index contributed by atoms with van der Waals surface area (Å²) < 4.78 is 40.1. The molecule has 1 N–H and O–H groups in total. The van der Waals surface area contributed by atoms with E-state index in [0.29, 0.717) is 11.1 Å². The van der Waals surface area contributed by atoms with Crippen LogP contribution in [0.4, 0.5) is 13.2 Å². The molecule has 3 nitrogen and oxygen atoms in total. The molecular weight excluding hydrogens is 259 g/mol. The van der Waals surface area contributed by atoms with Gasteiger partial charge in [-0.05, 0) is 25.0 Å². The minimum absolute atomic E-state index is 0.116. The van der Waals surface area contributed by atoms with E-state index in [1.165, 1.54) is 13.1 Å². The van der Waals surface area contributed by atoms with E-state index in [-0.39, 0.29) is 5.39 Å². The molecule has 2 rings (SSSR count). The fourth-order valence-electron chi connectivity index (χ4n) is 2.39. The second kappa shape index (κ2) is 4.01. The summed E-state index contributed by atoms with van der Waals surface area (Å²) in [5.74, 6) is -1.57. The molecule has 0 spiro atoms. The first kappa shape index (κ1) is 13.5. The Morgan fingerprint density at radius 3 is 2.32 bits per heavy atom. The van der Waals surface area contributed by atoms with Crippen molar-refractivity contribution in [3.63, 3.8) is 0 Å². The molecule has 0 unspecified atom stereocenters. The molecule has 0 aliphatic rings. The number of aryl methyl sites for hydroxylation is 3. The summed E-state index contributed by atoms with van der Waals surface area (Å²) in [6.07, 6.45) is -4.71. The van der Waals surface area contributed by atoms with E-state index in [4.69, 9.17) is 5.11 Å². The highest BCUT2D eigenvalue weighted by Crippen LogP contribution is 2.38. The van der Waals surface area contributed by atoms with Gasteiger partial charge in [-0.3, -0.25) is 0 Å². The molecular formula is C13H12F3NO2. The maximum Gasteiger partial charge on any atom is 0.432 e. The summed E-state index contributed by atoms with van der Waals surface area (Å²) in [6, 6.07) is 3.06. The molecule has 0 radical (unpaired) electrons. The number of alkyl halides is 3. The zero-order valence-electron chi connectivity index (χ0n) is 10.6. The highest BCUT2D eigenvalue weighted by Gasteiger charge is 2.40. The molecule has 0 saturated heterocycles. The van der Waals surface area contributed by atoms with Gasteiger partial charge in [0.15, 0.2) is 0 Å². The number of benzene rings is 1. The van der Waals surface area contributed by atoms with E-state index in [1.54, 1.807) is 19.9 Å². The average molecular weight is 271 g/mol. The smallest absolute Gasteiger partial charge is 0.432 e. The third-order valence-electron chi connectivity index (χ3n) is 3.36. The topological polar surface area (TPSA) is 42.2 Å². The van der Waals surface area contributed by atoms with Crippen LogP contribution in [-0.2, 0) is 13.2 Å². The SMILES string of the molecule is Cc1ccc2c(C(=O)O)c(C(F)(F)F)n(C)c2c1C. The van der Waals surface area contributed by atoms with Gasteiger partial charge < -0.3 is 9.67 Å². The Balaban J connectivity index is 3.05. The predicted molar refractivity (Wildman–Crippen MR) is 64.4 cm³/mol. The van der Waals surface area contributed by atoms with Crippen molar-refractivity contribution in [3.8, 4) is 0 Å². The Bertz CT molecular complexity index is 683. The Morgan fingerprint density at radius 2 is 1.84 bits per heavy atom. The number of hydrogen-bond donors (Lipinski definition) is 1. The Labute approximate surface area is 107 Å². The highest BCUT2D eigenvalue weighted by molar-refractivity contribution is 6.06. The van der Waals surface area contributed by atoms with Crippen molar-refractivity contribution >= 4 is 16.9 Å². The second-order valence-electron chi connectivity index (χ2n) is 4.49. The van der Waals surface area contributed by atoms with Crippen molar-refractivity contribution in [2.24, 2.45) is 7.05 Å². The first-order chi connectivity index (χ1) is 8.66. The van der Waals surface area contributed by atoms with E-state index in [9.17, 15) is 18.0 Å². The second-order valence-corrected chi connectivity index (χ2v) is 4.49. The van der Waals surface area contributed by atoms with Gasteiger partial charge in [0, 0.05) is 12.4 Å². The van der Waals surface area contributed by atoms with Crippen molar-refractivity contribution in [3.05, 3.63) is 34.5 Å². The molecule has 0 atom stereocenters. The number of carbonyl (C=O) groups is 1. The number of nitrogens with zero attached hydrogens (tertiary/aromatic N) is 1. The average Bonchev–Trinajstić information content (AvgIpc) is 2.57. The van der Waals surface area contributed by atoms with Crippen LogP contribution in [0, 0.1) is 13.8 Å². The van der Waals surface area contributed by atoms with Crippen LogP contribution >= 0.6 is 0 Å². The van der Waals surface area contributed by atoms with Crippen molar-refractivity contribution in [2.75, 3.05) is 0 Å². The van der Waals surface area contributed by atoms with Gasteiger partial charge in [-0.1, -0.05) is 12.1 Å². The number of halogens is 3. The zero-order chi connectivity index (χ0) is 14.5. The van der Waals surface area contributed by atoms with Crippen LogP contribution in [-0.4, -0.2) is 15.6 Å². The summed E-state index contributed by atoms with van der Waals surface area (Å²) in [6.45, 7) is 3.46. The third kappa shape index (κ3) is 1.87. The highest BCUT2D eigenvalue weighted by atomic mass is 19.4. The Morgan fingerprint density at radius 1 is 1.26 bits per heavy atom. The largest absolute Gasteiger partial charge is 0.478 e. The first-order valence-electron chi connectivity index (χ1n) is 5.55. The molecule has 1 aromatic carbocycles. The van der Waals surface area contributed by atoms with Gasteiger partial charge >= 0.3 is 12.1 Å². The predicted octanol–water partition coefficient (Wildman–Crippen LogP) is 3.51. The molecule has 0 amide bonds. The molecule has 0 fully saturated rings. The van der Waals surface area contributed by atoms with E-state index >= 15 is 0 Å². The number of rotatable bonds is 1. The van der Waals surface area contributed by atoms with Crippen molar-refractivity contribution < 1.29 is 23.1 Å². The molecule has 1 aromatic heterocycles. The van der Waals surface area contributed by atoms with Crippen molar-refractivity contribution in [1.82, 2.24) is 4.57 Å². The molecule has 0 aliphatic heterocycles. The van der Waals surface area contributed by atoms with E-state index < -0.39 is 23.4 Å². The molecule has 0 bridgehead atoms. The van der Waals surface area contributed by atoms with Gasteiger partial charge in [-0.15, -0.1) is 0 Å². The molecule has 0 aliphatic carbocycles. The van der Waals surface area contributed by atoms with Gasteiger partial charge in [0.25, 0.3) is 0 Å². The van der Waals surface area contributed by atoms with Crippen LogP contribution < -0.4 is 0 Å². The summed E-state index contributed by atoms with van der Waals surface area (Å²) in [4.78, 5) is 11.2. The first-order valence-corrected chi connectivity index (χ1v) is 5.55. The monoisotopic (exact) mass is 271 g/mol. The van der Waals surface area contributed by atoms with E-state index in [2.05, 4.69) is 0 Å². The minimum atomic E-state index is -4.71. The lowest BCUT2D eigenvalue weighted by Gasteiger charge is -2.10. The molecule has 1 heterocycles. The molecule has 102 valence electrons. The number of aromatic carboxylic acids is 1. The third-order valence-corrected chi connectivity index (χ3v) is 3.36. The fourth-order valence-corrected chi connectivity index (χ4v) is 2.39. The number of carboxylic acids is 1. The van der Waals surface area contributed by atoms with Crippen molar-refractivity contribution in [1.29, 1.82) is 0 Å². The number of aromatic nitrogens is 1. The summed E-state index contributed by atoms with van der Waals surface area (Å²) >= 11 is 0. The zero-order valence-corrected chi connectivity index (χ0v) is 10.6. The van der Waals surface area contributed by atoms with Gasteiger partial charge in [-0.2, -0.15) is 13.2 Å². The summed E-state index contributed by atoms with van der Waals surface area (Å²) in [5.41, 5.74) is -0.0294. The molecule has 2 aromatic rings. The Kier molecular flexibility index (Phi) is 2.84.